The lowest BCUT2D eigenvalue weighted by molar-refractivity contribution is 0.630. The summed E-state index contributed by atoms with van der Waals surface area (Å²) in [6.45, 7) is 0. The van der Waals surface area contributed by atoms with Crippen LogP contribution in [0, 0.1) is 5.82 Å². The molecule has 0 bridgehead atoms. The molecule has 1 heterocycles. The van der Waals surface area contributed by atoms with Gasteiger partial charge in [0.2, 0.25) is 0 Å². The van der Waals surface area contributed by atoms with Crippen LogP contribution in [0.1, 0.15) is 0 Å². The van der Waals surface area contributed by atoms with Crippen LogP contribution in [0.15, 0.2) is 33.7 Å². The molecule has 2 aromatic rings. The van der Waals surface area contributed by atoms with Gasteiger partial charge in [-0.15, -0.1) is 0 Å². The van der Waals surface area contributed by atoms with Crippen LogP contribution < -0.4 is 5.56 Å². The highest BCUT2D eigenvalue weighted by Gasteiger charge is 2.12. The molecule has 0 aliphatic heterocycles. The van der Waals surface area contributed by atoms with E-state index in [1.165, 1.54) is 18.3 Å². The third-order valence-electron chi connectivity index (χ3n) is 2.01. The van der Waals surface area contributed by atoms with Gasteiger partial charge >= 0.3 is 0 Å². The fourth-order valence-corrected chi connectivity index (χ4v) is 1.74. The van der Waals surface area contributed by atoms with Crippen LogP contribution in [0.2, 0.25) is 5.02 Å². The van der Waals surface area contributed by atoms with Gasteiger partial charge in [0.15, 0.2) is 5.82 Å². The van der Waals surface area contributed by atoms with Crippen molar-refractivity contribution < 1.29 is 4.39 Å². The molecule has 0 fully saturated rings. The smallest absolute Gasteiger partial charge is 0.264 e. The third kappa shape index (κ3) is 2.01. The molecule has 0 saturated heterocycles. The fraction of sp³-hybridized carbons (Fsp3) is 0. The standard InChI is InChI=1S/C10H5BrClFN2O/c11-7-2-1-6(10(13)9(7)12)5-3-8(16)15-14-4-5/h1-4H,(H,15,16). The minimum absolute atomic E-state index is 0.0159. The van der Waals surface area contributed by atoms with Gasteiger partial charge in [0.25, 0.3) is 5.56 Å². The molecule has 2 rings (SSSR count). The lowest BCUT2D eigenvalue weighted by atomic mass is 10.1. The Labute approximate surface area is 103 Å². The first kappa shape index (κ1) is 11.3. The van der Waals surface area contributed by atoms with Crippen molar-refractivity contribution in [2.75, 3.05) is 0 Å². The van der Waals surface area contributed by atoms with Crippen molar-refractivity contribution in [2.24, 2.45) is 0 Å². The molecule has 0 atom stereocenters. The number of hydrogen-bond donors (Lipinski definition) is 1. The molecule has 0 amide bonds. The molecule has 1 aromatic carbocycles. The highest BCUT2D eigenvalue weighted by molar-refractivity contribution is 9.10. The van der Waals surface area contributed by atoms with Gasteiger partial charge in [-0.3, -0.25) is 4.79 Å². The maximum atomic E-state index is 13.8. The molecule has 82 valence electrons. The Bertz CT molecular complexity index is 600. The second kappa shape index (κ2) is 4.35. The predicted octanol–water partition coefficient (Wildman–Crippen LogP) is 2.99. The monoisotopic (exact) mass is 302 g/mol. The molecule has 0 aliphatic carbocycles. The van der Waals surface area contributed by atoms with Crippen molar-refractivity contribution in [3.8, 4) is 11.1 Å². The molecular weight excluding hydrogens is 298 g/mol. The van der Waals surface area contributed by atoms with E-state index in [9.17, 15) is 9.18 Å². The Morgan fingerprint density at radius 2 is 2.19 bits per heavy atom. The van der Waals surface area contributed by atoms with Gasteiger partial charge in [-0.1, -0.05) is 17.7 Å². The number of halogens is 3. The van der Waals surface area contributed by atoms with Crippen LogP contribution >= 0.6 is 27.5 Å². The van der Waals surface area contributed by atoms with Gasteiger partial charge in [-0.2, -0.15) is 5.10 Å². The molecule has 3 nitrogen and oxygen atoms in total. The first-order valence-electron chi connectivity index (χ1n) is 4.28. The van der Waals surface area contributed by atoms with Gasteiger partial charge in [0.05, 0.1) is 11.2 Å². The number of nitrogens with one attached hydrogen (secondary N) is 1. The van der Waals surface area contributed by atoms with Crippen molar-refractivity contribution in [3.63, 3.8) is 0 Å². The summed E-state index contributed by atoms with van der Waals surface area (Å²) in [5.41, 5.74) is 0.235. The summed E-state index contributed by atoms with van der Waals surface area (Å²) in [6, 6.07) is 4.40. The van der Waals surface area contributed by atoms with Crippen LogP contribution in [-0.2, 0) is 0 Å². The van der Waals surface area contributed by atoms with Crippen molar-refractivity contribution in [1.82, 2.24) is 10.2 Å². The average Bonchev–Trinajstić information content (AvgIpc) is 2.26. The quantitative estimate of drug-likeness (QED) is 0.823. The second-order valence-electron chi connectivity index (χ2n) is 3.06. The number of nitrogens with zero attached hydrogens (tertiary/aromatic N) is 1. The summed E-state index contributed by atoms with van der Waals surface area (Å²) in [6.07, 6.45) is 1.37. The van der Waals surface area contributed by atoms with Crippen molar-refractivity contribution >= 4 is 27.5 Å². The van der Waals surface area contributed by atoms with E-state index in [1.54, 1.807) is 6.07 Å². The molecule has 0 aliphatic rings. The van der Waals surface area contributed by atoms with E-state index >= 15 is 0 Å². The molecular formula is C10H5BrClFN2O. The summed E-state index contributed by atoms with van der Waals surface area (Å²) in [4.78, 5) is 11.0. The van der Waals surface area contributed by atoms with E-state index in [4.69, 9.17) is 11.6 Å². The number of H-pyrrole nitrogens is 1. The van der Waals surface area contributed by atoms with Gasteiger partial charge < -0.3 is 0 Å². The van der Waals surface area contributed by atoms with E-state index < -0.39 is 11.4 Å². The van der Waals surface area contributed by atoms with Crippen LogP contribution in [0.25, 0.3) is 11.1 Å². The van der Waals surface area contributed by atoms with Gasteiger partial charge in [0.1, 0.15) is 0 Å². The molecule has 1 N–H and O–H groups in total. The molecule has 0 spiro atoms. The fourth-order valence-electron chi connectivity index (χ4n) is 1.27. The molecule has 6 heteroatoms. The SMILES string of the molecule is O=c1cc(-c2ccc(Br)c(Cl)c2F)cn[nH]1. The van der Waals surface area contributed by atoms with E-state index in [-0.39, 0.29) is 10.6 Å². The topological polar surface area (TPSA) is 45.8 Å². The zero-order chi connectivity index (χ0) is 11.7. The lowest BCUT2D eigenvalue weighted by Gasteiger charge is -2.05. The highest BCUT2D eigenvalue weighted by Crippen LogP contribution is 2.32. The van der Waals surface area contributed by atoms with Gasteiger partial charge in [-0.25, -0.2) is 9.49 Å². The zero-order valence-electron chi connectivity index (χ0n) is 7.80. The van der Waals surface area contributed by atoms with Crippen LogP contribution in [0.4, 0.5) is 4.39 Å². The Balaban J connectivity index is 2.66. The van der Waals surface area contributed by atoms with Crippen molar-refractivity contribution in [2.45, 2.75) is 0 Å². The minimum atomic E-state index is -0.580. The molecule has 0 radical (unpaired) electrons. The van der Waals surface area contributed by atoms with Crippen LogP contribution in [0.5, 0.6) is 0 Å². The zero-order valence-corrected chi connectivity index (χ0v) is 10.1. The van der Waals surface area contributed by atoms with Gasteiger partial charge in [0, 0.05) is 21.7 Å². The maximum Gasteiger partial charge on any atom is 0.264 e. The third-order valence-corrected chi connectivity index (χ3v) is 3.27. The molecule has 16 heavy (non-hydrogen) atoms. The summed E-state index contributed by atoms with van der Waals surface area (Å²) in [7, 11) is 0. The van der Waals surface area contributed by atoms with E-state index in [2.05, 4.69) is 26.1 Å². The van der Waals surface area contributed by atoms with E-state index in [0.717, 1.165) is 0 Å². The Morgan fingerprint density at radius 3 is 2.88 bits per heavy atom. The van der Waals surface area contributed by atoms with Crippen molar-refractivity contribution in [1.29, 1.82) is 0 Å². The number of hydrogen-bond acceptors (Lipinski definition) is 2. The number of rotatable bonds is 1. The Morgan fingerprint density at radius 1 is 1.44 bits per heavy atom. The molecule has 1 aromatic heterocycles. The summed E-state index contributed by atoms with van der Waals surface area (Å²) < 4.78 is 14.2. The van der Waals surface area contributed by atoms with E-state index in [0.29, 0.717) is 10.0 Å². The van der Waals surface area contributed by atoms with E-state index in [1.807, 2.05) is 0 Å². The number of aromatic amines is 1. The normalized spacial score (nSPS) is 10.4. The minimum Gasteiger partial charge on any atom is -0.268 e. The first-order valence-corrected chi connectivity index (χ1v) is 5.45. The van der Waals surface area contributed by atoms with Crippen LogP contribution in [0.3, 0.4) is 0 Å². The molecule has 0 unspecified atom stereocenters. The summed E-state index contributed by atoms with van der Waals surface area (Å²) in [5, 5.41) is 5.80. The largest absolute Gasteiger partial charge is 0.268 e. The predicted molar refractivity (Wildman–Crippen MR) is 63.0 cm³/mol. The summed E-state index contributed by atoms with van der Waals surface area (Å²) >= 11 is 8.86. The average molecular weight is 304 g/mol. The number of benzene rings is 1. The molecule has 0 saturated carbocycles. The summed E-state index contributed by atoms with van der Waals surface area (Å²) in [5.74, 6) is -0.580. The first-order chi connectivity index (χ1) is 7.59. The highest BCUT2D eigenvalue weighted by atomic mass is 79.9. The Hall–Kier alpha value is -1.20. The second-order valence-corrected chi connectivity index (χ2v) is 4.29. The van der Waals surface area contributed by atoms with Crippen LogP contribution in [-0.4, -0.2) is 10.2 Å². The van der Waals surface area contributed by atoms with Crippen molar-refractivity contribution in [3.05, 3.63) is 50.1 Å². The van der Waals surface area contributed by atoms with Gasteiger partial charge in [-0.05, 0) is 22.0 Å². The maximum absolute atomic E-state index is 13.8. The lowest BCUT2D eigenvalue weighted by Crippen LogP contribution is -2.06. The Kier molecular flexibility index (Phi) is 3.07. The number of aromatic nitrogens is 2.